The van der Waals surface area contributed by atoms with Crippen LogP contribution >= 0.6 is 11.6 Å². The highest BCUT2D eigenvalue weighted by Crippen LogP contribution is 2.55. The molecule has 1 aromatic carbocycles. The summed E-state index contributed by atoms with van der Waals surface area (Å²) in [5.41, 5.74) is 2.06. The van der Waals surface area contributed by atoms with Crippen molar-refractivity contribution in [3.05, 3.63) is 40.7 Å². The Labute approximate surface area is 114 Å². The molecule has 0 saturated heterocycles. The molecular formula is C14H11ClN2O2. The Morgan fingerprint density at radius 3 is 2.84 bits per heavy atom. The van der Waals surface area contributed by atoms with Crippen LogP contribution in [0.3, 0.4) is 0 Å². The molecule has 96 valence electrons. The zero-order valence-corrected chi connectivity index (χ0v) is 11.1. The van der Waals surface area contributed by atoms with Crippen molar-refractivity contribution >= 4 is 17.5 Å². The Bertz CT molecular complexity index is 703. The highest BCUT2D eigenvalue weighted by Gasteiger charge is 2.56. The van der Waals surface area contributed by atoms with Gasteiger partial charge in [-0.15, -0.1) is 0 Å². The Kier molecular flexibility index (Phi) is 1.97. The second-order valence-corrected chi connectivity index (χ2v) is 5.59. The Morgan fingerprint density at radius 2 is 2.11 bits per heavy atom. The van der Waals surface area contributed by atoms with Crippen molar-refractivity contribution in [2.75, 3.05) is 7.05 Å². The molecule has 2 heterocycles. The van der Waals surface area contributed by atoms with Crippen LogP contribution in [0.25, 0.3) is 11.1 Å². The van der Waals surface area contributed by atoms with E-state index >= 15 is 0 Å². The number of aromatic nitrogens is 1. The third-order valence-corrected chi connectivity index (χ3v) is 4.40. The average Bonchev–Trinajstić information content (AvgIpc) is 3.08. The molecule has 1 aromatic heterocycles. The number of amides is 1. The number of carbonyl (C=O) groups excluding carboxylic acids is 1. The zero-order chi connectivity index (χ0) is 13.2. The summed E-state index contributed by atoms with van der Waals surface area (Å²) >= 11 is 6.02. The van der Waals surface area contributed by atoms with Gasteiger partial charge in [0.2, 0.25) is 0 Å². The molecule has 1 saturated carbocycles. The molecule has 0 atom stereocenters. The van der Waals surface area contributed by atoms with Gasteiger partial charge in [0.05, 0.1) is 6.20 Å². The molecule has 0 N–H and O–H groups in total. The summed E-state index contributed by atoms with van der Waals surface area (Å²) in [5.74, 6) is 0.783. The van der Waals surface area contributed by atoms with Crippen LogP contribution in [-0.2, 0) is 5.54 Å². The molecule has 2 aromatic rings. The van der Waals surface area contributed by atoms with E-state index in [2.05, 4.69) is 5.16 Å². The van der Waals surface area contributed by atoms with Crippen molar-refractivity contribution in [1.82, 2.24) is 10.1 Å². The van der Waals surface area contributed by atoms with Crippen LogP contribution in [0.4, 0.5) is 0 Å². The number of rotatable bonds is 0. The molecule has 2 aliphatic rings. The first-order valence-electron chi connectivity index (χ1n) is 6.17. The predicted molar refractivity (Wildman–Crippen MR) is 70.0 cm³/mol. The zero-order valence-electron chi connectivity index (χ0n) is 10.3. The molecule has 1 aliphatic heterocycles. The number of hydrogen-bond donors (Lipinski definition) is 0. The van der Waals surface area contributed by atoms with Gasteiger partial charge in [0.1, 0.15) is 5.54 Å². The molecule has 0 bridgehead atoms. The molecule has 5 heteroatoms. The highest BCUT2D eigenvalue weighted by molar-refractivity contribution is 6.31. The van der Waals surface area contributed by atoms with Crippen LogP contribution in [0.2, 0.25) is 5.02 Å². The molecule has 4 rings (SSSR count). The number of halogens is 1. The SMILES string of the molecule is CN1C(=O)c2cc(Cl)ccc2-c2cnoc2C12CC2. The highest BCUT2D eigenvalue weighted by atomic mass is 35.5. The fourth-order valence-electron chi connectivity index (χ4n) is 2.90. The molecular weight excluding hydrogens is 264 g/mol. The third-order valence-electron chi connectivity index (χ3n) is 4.17. The standard InChI is InChI=1S/C14H11ClN2O2/c1-17-13(18)10-6-8(15)2-3-9(10)11-7-16-19-12(11)14(17)4-5-14/h2-3,6-7H,4-5H2,1H3. The predicted octanol–water partition coefficient (Wildman–Crippen LogP) is 3.07. The summed E-state index contributed by atoms with van der Waals surface area (Å²) in [5, 5.41) is 4.48. The summed E-state index contributed by atoms with van der Waals surface area (Å²) in [7, 11) is 1.82. The van der Waals surface area contributed by atoms with Crippen molar-refractivity contribution < 1.29 is 9.32 Å². The van der Waals surface area contributed by atoms with E-state index in [1.807, 2.05) is 13.1 Å². The summed E-state index contributed by atoms with van der Waals surface area (Å²) < 4.78 is 5.44. The first kappa shape index (κ1) is 11.1. The molecule has 1 spiro atoms. The van der Waals surface area contributed by atoms with Gasteiger partial charge in [0, 0.05) is 23.2 Å². The van der Waals surface area contributed by atoms with Gasteiger partial charge in [-0.05, 0) is 30.5 Å². The van der Waals surface area contributed by atoms with E-state index in [4.69, 9.17) is 16.1 Å². The normalized spacial score (nSPS) is 19.1. The van der Waals surface area contributed by atoms with Gasteiger partial charge in [0.15, 0.2) is 5.76 Å². The molecule has 1 amide bonds. The van der Waals surface area contributed by atoms with E-state index in [0.717, 1.165) is 29.7 Å². The Balaban J connectivity index is 2.07. The molecule has 1 aliphatic carbocycles. The number of hydrogen-bond acceptors (Lipinski definition) is 3. The lowest BCUT2D eigenvalue weighted by Crippen LogP contribution is -2.35. The minimum atomic E-state index is -0.311. The lowest BCUT2D eigenvalue weighted by molar-refractivity contribution is 0.0680. The fourth-order valence-corrected chi connectivity index (χ4v) is 3.08. The number of benzene rings is 1. The van der Waals surface area contributed by atoms with Crippen molar-refractivity contribution in [2.45, 2.75) is 18.4 Å². The van der Waals surface area contributed by atoms with E-state index < -0.39 is 0 Å². The minimum Gasteiger partial charge on any atom is -0.358 e. The second kappa shape index (κ2) is 3.39. The summed E-state index contributed by atoms with van der Waals surface area (Å²) in [4.78, 5) is 14.4. The van der Waals surface area contributed by atoms with E-state index in [-0.39, 0.29) is 11.4 Å². The average molecular weight is 275 g/mol. The van der Waals surface area contributed by atoms with Gasteiger partial charge in [-0.25, -0.2) is 0 Å². The number of fused-ring (bicyclic) bond motifs is 4. The topological polar surface area (TPSA) is 46.3 Å². The second-order valence-electron chi connectivity index (χ2n) is 5.15. The molecule has 19 heavy (non-hydrogen) atoms. The van der Waals surface area contributed by atoms with E-state index in [1.54, 1.807) is 23.2 Å². The Hall–Kier alpha value is -1.81. The van der Waals surface area contributed by atoms with Gasteiger partial charge >= 0.3 is 0 Å². The van der Waals surface area contributed by atoms with Gasteiger partial charge in [-0.2, -0.15) is 0 Å². The maximum Gasteiger partial charge on any atom is 0.255 e. The van der Waals surface area contributed by atoms with Gasteiger partial charge in [-0.3, -0.25) is 4.79 Å². The maximum atomic E-state index is 12.6. The van der Waals surface area contributed by atoms with Crippen molar-refractivity contribution in [1.29, 1.82) is 0 Å². The number of nitrogens with zero attached hydrogens (tertiary/aromatic N) is 2. The van der Waals surface area contributed by atoms with Crippen molar-refractivity contribution in [2.24, 2.45) is 0 Å². The fraction of sp³-hybridized carbons (Fsp3) is 0.286. The smallest absolute Gasteiger partial charge is 0.255 e. The van der Waals surface area contributed by atoms with Crippen LogP contribution in [0.15, 0.2) is 28.9 Å². The van der Waals surface area contributed by atoms with E-state index in [0.29, 0.717) is 10.6 Å². The van der Waals surface area contributed by atoms with E-state index in [1.165, 1.54) is 0 Å². The van der Waals surface area contributed by atoms with Gasteiger partial charge < -0.3 is 9.42 Å². The quantitative estimate of drug-likeness (QED) is 0.742. The van der Waals surface area contributed by atoms with E-state index in [9.17, 15) is 4.79 Å². The molecule has 4 nitrogen and oxygen atoms in total. The van der Waals surface area contributed by atoms with Crippen LogP contribution in [0.5, 0.6) is 0 Å². The third kappa shape index (κ3) is 1.29. The molecule has 0 unspecified atom stereocenters. The molecule has 0 radical (unpaired) electrons. The molecule has 1 fully saturated rings. The van der Waals surface area contributed by atoms with Crippen molar-refractivity contribution in [3.8, 4) is 11.1 Å². The van der Waals surface area contributed by atoms with Crippen molar-refractivity contribution in [3.63, 3.8) is 0 Å². The maximum absolute atomic E-state index is 12.6. The summed E-state index contributed by atoms with van der Waals surface area (Å²) in [6, 6.07) is 5.37. The number of carbonyl (C=O) groups is 1. The van der Waals surface area contributed by atoms with Crippen LogP contribution in [0, 0.1) is 0 Å². The van der Waals surface area contributed by atoms with Gasteiger partial charge in [-0.1, -0.05) is 22.8 Å². The first-order valence-corrected chi connectivity index (χ1v) is 6.54. The van der Waals surface area contributed by atoms with Crippen LogP contribution in [-0.4, -0.2) is 23.0 Å². The van der Waals surface area contributed by atoms with Crippen LogP contribution < -0.4 is 0 Å². The summed E-state index contributed by atoms with van der Waals surface area (Å²) in [6.07, 6.45) is 3.52. The summed E-state index contributed by atoms with van der Waals surface area (Å²) in [6.45, 7) is 0. The lowest BCUT2D eigenvalue weighted by Gasteiger charge is -2.24. The largest absolute Gasteiger partial charge is 0.358 e. The first-order chi connectivity index (χ1) is 9.13. The van der Waals surface area contributed by atoms with Crippen LogP contribution in [0.1, 0.15) is 29.0 Å². The monoisotopic (exact) mass is 274 g/mol. The minimum absolute atomic E-state index is 0.0126. The van der Waals surface area contributed by atoms with Gasteiger partial charge in [0.25, 0.3) is 5.91 Å². The lowest BCUT2D eigenvalue weighted by atomic mass is 10.00. The Morgan fingerprint density at radius 1 is 1.32 bits per heavy atom.